The molecule has 1 heterocycles. The molecule has 0 aromatic carbocycles. The van der Waals surface area contributed by atoms with Crippen LogP contribution in [0.15, 0.2) is 6.07 Å². The third-order valence-electron chi connectivity index (χ3n) is 1.93. The Balaban J connectivity index is 2.94. The lowest BCUT2D eigenvalue weighted by atomic mass is 10.3. The van der Waals surface area contributed by atoms with Gasteiger partial charge in [0.15, 0.2) is 0 Å². The quantitative estimate of drug-likeness (QED) is 0.680. The first-order valence-corrected chi connectivity index (χ1v) is 4.09. The van der Waals surface area contributed by atoms with E-state index in [1.807, 2.05) is 6.92 Å². The van der Waals surface area contributed by atoms with Crippen molar-refractivity contribution in [3.8, 4) is 0 Å². The number of rotatable bonds is 2. The summed E-state index contributed by atoms with van der Waals surface area (Å²) in [6.07, 6.45) is 0. The van der Waals surface area contributed by atoms with E-state index in [4.69, 9.17) is 5.73 Å². The molecular weight excluding hydrogens is 168 g/mol. The van der Waals surface area contributed by atoms with Crippen molar-refractivity contribution in [3.63, 3.8) is 0 Å². The Morgan fingerprint density at radius 1 is 1.77 bits per heavy atom. The SMILES string of the molecule is CNC(=O)C(C)n1nc(N)cc1C. The van der Waals surface area contributed by atoms with E-state index < -0.39 is 0 Å². The Labute approximate surface area is 76.9 Å². The van der Waals surface area contributed by atoms with Crippen LogP contribution >= 0.6 is 0 Å². The molecule has 1 amide bonds. The van der Waals surface area contributed by atoms with Crippen LogP contribution in [0.1, 0.15) is 18.7 Å². The van der Waals surface area contributed by atoms with Gasteiger partial charge in [0.2, 0.25) is 5.91 Å². The second-order valence-electron chi connectivity index (χ2n) is 2.95. The van der Waals surface area contributed by atoms with Crippen LogP contribution in [0.4, 0.5) is 5.82 Å². The molecule has 0 fully saturated rings. The van der Waals surface area contributed by atoms with Crippen LogP contribution < -0.4 is 11.1 Å². The predicted molar refractivity (Wildman–Crippen MR) is 50.2 cm³/mol. The van der Waals surface area contributed by atoms with Crippen molar-refractivity contribution in [2.75, 3.05) is 12.8 Å². The number of carbonyl (C=O) groups excluding carboxylic acids is 1. The van der Waals surface area contributed by atoms with Crippen LogP contribution in [-0.2, 0) is 4.79 Å². The molecule has 3 N–H and O–H groups in total. The molecule has 0 spiro atoms. The predicted octanol–water partition coefficient (Wildman–Crippen LogP) is 0.0807. The van der Waals surface area contributed by atoms with Gasteiger partial charge in [0.1, 0.15) is 11.9 Å². The van der Waals surface area contributed by atoms with Crippen LogP contribution in [0.2, 0.25) is 0 Å². The highest BCUT2D eigenvalue weighted by molar-refractivity contribution is 5.79. The fraction of sp³-hybridized carbons (Fsp3) is 0.500. The third-order valence-corrected chi connectivity index (χ3v) is 1.93. The number of hydrogen-bond acceptors (Lipinski definition) is 3. The van der Waals surface area contributed by atoms with Gasteiger partial charge in [-0.3, -0.25) is 9.48 Å². The largest absolute Gasteiger partial charge is 0.382 e. The number of nitrogens with one attached hydrogen (secondary N) is 1. The summed E-state index contributed by atoms with van der Waals surface area (Å²) in [5, 5.41) is 6.57. The number of nitrogens with two attached hydrogens (primary N) is 1. The minimum atomic E-state index is -0.317. The van der Waals surface area contributed by atoms with Crippen molar-refractivity contribution in [2.45, 2.75) is 19.9 Å². The summed E-state index contributed by atoms with van der Waals surface area (Å²) >= 11 is 0. The summed E-state index contributed by atoms with van der Waals surface area (Å²) < 4.78 is 1.61. The van der Waals surface area contributed by atoms with Crippen molar-refractivity contribution in [2.24, 2.45) is 0 Å². The number of anilines is 1. The molecule has 1 aromatic rings. The zero-order valence-electron chi connectivity index (χ0n) is 8.03. The van der Waals surface area contributed by atoms with E-state index >= 15 is 0 Å². The minimum absolute atomic E-state index is 0.0776. The molecule has 0 saturated heterocycles. The van der Waals surface area contributed by atoms with Gasteiger partial charge in [-0.05, 0) is 13.8 Å². The van der Waals surface area contributed by atoms with Crippen molar-refractivity contribution in [3.05, 3.63) is 11.8 Å². The molecule has 1 unspecified atom stereocenters. The molecule has 0 aliphatic carbocycles. The first-order chi connectivity index (χ1) is 6.06. The Morgan fingerprint density at radius 2 is 2.38 bits per heavy atom. The monoisotopic (exact) mass is 182 g/mol. The smallest absolute Gasteiger partial charge is 0.244 e. The van der Waals surface area contributed by atoms with Crippen molar-refractivity contribution < 1.29 is 4.79 Å². The van der Waals surface area contributed by atoms with Gasteiger partial charge in [-0.1, -0.05) is 0 Å². The maximum Gasteiger partial charge on any atom is 0.244 e. The van der Waals surface area contributed by atoms with Gasteiger partial charge in [-0.2, -0.15) is 5.10 Å². The number of carbonyl (C=O) groups is 1. The summed E-state index contributed by atoms with van der Waals surface area (Å²) in [5.41, 5.74) is 6.38. The second kappa shape index (κ2) is 3.47. The lowest BCUT2D eigenvalue weighted by Gasteiger charge is -2.11. The van der Waals surface area contributed by atoms with Crippen molar-refractivity contribution >= 4 is 11.7 Å². The fourth-order valence-electron chi connectivity index (χ4n) is 1.22. The Kier molecular flexibility index (Phi) is 2.55. The Hall–Kier alpha value is -1.52. The molecule has 72 valence electrons. The zero-order chi connectivity index (χ0) is 10.0. The molecule has 1 atom stereocenters. The topological polar surface area (TPSA) is 72.9 Å². The molecule has 0 saturated carbocycles. The highest BCUT2D eigenvalue weighted by Crippen LogP contribution is 2.11. The van der Waals surface area contributed by atoms with E-state index in [0.29, 0.717) is 5.82 Å². The summed E-state index contributed by atoms with van der Waals surface area (Å²) in [6.45, 7) is 3.64. The fourth-order valence-corrected chi connectivity index (χ4v) is 1.22. The van der Waals surface area contributed by atoms with Crippen molar-refractivity contribution in [1.82, 2.24) is 15.1 Å². The second-order valence-corrected chi connectivity index (χ2v) is 2.95. The van der Waals surface area contributed by atoms with Crippen LogP contribution in [0, 0.1) is 6.92 Å². The van der Waals surface area contributed by atoms with Gasteiger partial charge >= 0.3 is 0 Å². The average Bonchev–Trinajstić information content (AvgIpc) is 2.42. The number of likely N-dealkylation sites (N-methyl/N-ethyl adjacent to an activating group) is 1. The minimum Gasteiger partial charge on any atom is -0.382 e. The van der Waals surface area contributed by atoms with Crippen molar-refractivity contribution in [1.29, 1.82) is 0 Å². The molecular formula is C8H14N4O. The molecule has 0 radical (unpaired) electrons. The maximum absolute atomic E-state index is 11.3. The van der Waals surface area contributed by atoms with Crippen LogP contribution in [0.25, 0.3) is 0 Å². The Morgan fingerprint density at radius 3 is 2.77 bits per heavy atom. The van der Waals surface area contributed by atoms with E-state index in [9.17, 15) is 4.79 Å². The highest BCUT2D eigenvalue weighted by atomic mass is 16.2. The highest BCUT2D eigenvalue weighted by Gasteiger charge is 2.15. The molecule has 0 aliphatic heterocycles. The van der Waals surface area contributed by atoms with Gasteiger partial charge in [0.25, 0.3) is 0 Å². The maximum atomic E-state index is 11.3. The molecule has 0 bridgehead atoms. The van der Waals surface area contributed by atoms with E-state index in [1.54, 1.807) is 24.7 Å². The first kappa shape index (κ1) is 9.57. The number of amides is 1. The molecule has 1 rings (SSSR count). The summed E-state index contributed by atoms with van der Waals surface area (Å²) in [5.74, 6) is 0.361. The first-order valence-electron chi connectivity index (χ1n) is 4.09. The van der Waals surface area contributed by atoms with E-state index in [-0.39, 0.29) is 11.9 Å². The van der Waals surface area contributed by atoms with Crippen LogP contribution in [0.5, 0.6) is 0 Å². The average molecular weight is 182 g/mol. The van der Waals surface area contributed by atoms with E-state index in [2.05, 4.69) is 10.4 Å². The normalized spacial score (nSPS) is 12.5. The lowest BCUT2D eigenvalue weighted by molar-refractivity contribution is -0.123. The zero-order valence-corrected chi connectivity index (χ0v) is 8.03. The summed E-state index contributed by atoms with van der Waals surface area (Å²) in [6, 6.07) is 1.42. The van der Waals surface area contributed by atoms with Gasteiger partial charge in [-0.15, -0.1) is 0 Å². The molecule has 13 heavy (non-hydrogen) atoms. The number of nitrogens with zero attached hydrogens (tertiary/aromatic N) is 2. The van der Waals surface area contributed by atoms with Gasteiger partial charge in [-0.25, -0.2) is 0 Å². The number of nitrogen functional groups attached to an aromatic ring is 1. The van der Waals surface area contributed by atoms with E-state index in [0.717, 1.165) is 5.69 Å². The van der Waals surface area contributed by atoms with Crippen LogP contribution in [0.3, 0.4) is 0 Å². The van der Waals surface area contributed by atoms with Crippen LogP contribution in [-0.4, -0.2) is 22.7 Å². The molecule has 5 heteroatoms. The standard InChI is InChI=1S/C8H14N4O/c1-5-4-7(9)11-12(5)6(2)8(13)10-3/h4,6H,1-3H3,(H2,9,11)(H,10,13). The molecule has 5 nitrogen and oxygen atoms in total. The Bertz CT molecular complexity index is 318. The lowest BCUT2D eigenvalue weighted by Crippen LogP contribution is -2.28. The summed E-state index contributed by atoms with van der Waals surface area (Å²) in [7, 11) is 1.60. The summed E-state index contributed by atoms with van der Waals surface area (Å²) in [4.78, 5) is 11.3. The number of aromatic nitrogens is 2. The van der Waals surface area contributed by atoms with Gasteiger partial charge in [0.05, 0.1) is 0 Å². The van der Waals surface area contributed by atoms with Gasteiger partial charge in [0, 0.05) is 18.8 Å². The molecule has 0 aliphatic rings. The molecule has 1 aromatic heterocycles. The number of hydrogen-bond donors (Lipinski definition) is 2. The third kappa shape index (κ3) is 1.80. The van der Waals surface area contributed by atoms with E-state index in [1.165, 1.54) is 0 Å². The number of aryl methyl sites for hydroxylation is 1. The van der Waals surface area contributed by atoms with Gasteiger partial charge < -0.3 is 11.1 Å².